The van der Waals surface area contributed by atoms with Gasteiger partial charge in [0.25, 0.3) is 11.8 Å². The summed E-state index contributed by atoms with van der Waals surface area (Å²) in [6.45, 7) is 2.48. The van der Waals surface area contributed by atoms with Crippen molar-refractivity contribution < 1.29 is 29.0 Å². The van der Waals surface area contributed by atoms with Crippen LogP contribution in [0.15, 0.2) is 59.9 Å². The first-order chi connectivity index (χ1) is 16.9. The van der Waals surface area contributed by atoms with E-state index in [1.54, 1.807) is 36.4 Å². The van der Waals surface area contributed by atoms with Crippen molar-refractivity contribution in [1.29, 1.82) is 0 Å². The smallest absolute Gasteiger partial charge is 0.305 e. The number of carbonyl (C=O) groups excluding carboxylic acids is 3. The van der Waals surface area contributed by atoms with Gasteiger partial charge in [0.1, 0.15) is 17.1 Å². The Morgan fingerprint density at radius 2 is 1.63 bits per heavy atom. The van der Waals surface area contributed by atoms with Gasteiger partial charge in [0.05, 0.1) is 20.3 Å². The van der Waals surface area contributed by atoms with E-state index in [1.807, 2.05) is 19.1 Å². The largest absolute Gasteiger partial charge is 0.509 e. The molecule has 0 aliphatic carbocycles. The molecule has 0 saturated carbocycles. The van der Waals surface area contributed by atoms with Crippen LogP contribution in [-0.2, 0) is 19.1 Å². The number of hydrogen-bond donors (Lipinski definition) is 2. The zero-order chi connectivity index (χ0) is 25.2. The van der Waals surface area contributed by atoms with Gasteiger partial charge in [0, 0.05) is 17.8 Å². The molecule has 2 amide bonds. The number of nitrogens with one attached hydrogen (secondary N) is 1. The van der Waals surface area contributed by atoms with Crippen LogP contribution in [-0.4, -0.2) is 43.2 Å². The third-order valence-corrected chi connectivity index (χ3v) is 5.76. The Hall–Kier alpha value is -3.81. The topological polar surface area (TPSA) is 105 Å². The zero-order valence-electron chi connectivity index (χ0n) is 20.2. The number of carbonyl (C=O) groups is 3. The van der Waals surface area contributed by atoms with Crippen LogP contribution >= 0.6 is 0 Å². The average Bonchev–Trinajstić information content (AvgIpc) is 3.15. The molecule has 1 heterocycles. The molecule has 0 radical (unpaired) electrons. The van der Waals surface area contributed by atoms with Crippen LogP contribution in [0, 0.1) is 6.92 Å². The number of aryl methyl sites for hydroxylation is 1. The van der Waals surface area contributed by atoms with Crippen molar-refractivity contribution in [1.82, 2.24) is 0 Å². The SMILES string of the molecule is COC(=O)CCCCCCCOc1ccc(NC(=O)C2=C(O)CN(c3ccc(C)cc3)C2=O)cc1. The molecule has 0 atom stereocenters. The highest BCUT2D eigenvalue weighted by Gasteiger charge is 2.36. The van der Waals surface area contributed by atoms with Crippen molar-refractivity contribution >= 4 is 29.2 Å². The van der Waals surface area contributed by atoms with Crippen LogP contribution in [0.4, 0.5) is 11.4 Å². The molecule has 8 nitrogen and oxygen atoms in total. The van der Waals surface area contributed by atoms with Gasteiger partial charge in [-0.25, -0.2) is 0 Å². The number of amides is 2. The molecule has 0 unspecified atom stereocenters. The third-order valence-electron chi connectivity index (χ3n) is 5.76. The van der Waals surface area contributed by atoms with Crippen molar-refractivity contribution in [3.05, 3.63) is 65.4 Å². The molecule has 0 spiro atoms. The summed E-state index contributed by atoms with van der Waals surface area (Å²) in [6, 6.07) is 14.2. The molecule has 2 N–H and O–H groups in total. The Kier molecular flexibility index (Phi) is 9.29. The highest BCUT2D eigenvalue weighted by Crippen LogP contribution is 2.26. The maximum atomic E-state index is 12.8. The van der Waals surface area contributed by atoms with E-state index in [9.17, 15) is 19.5 Å². The van der Waals surface area contributed by atoms with Crippen molar-refractivity contribution in [3.8, 4) is 5.75 Å². The summed E-state index contributed by atoms with van der Waals surface area (Å²) in [6.07, 6.45) is 5.25. The Morgan fingerprint density at radius 1 is 0.971 bits per heavy atom. The summed E-state index contributed by atoms with van der Waals surface area (Å²) in [5.41, 5.74) is 1.92. The van der Waals surface area contributed by atoms with Gasteiger partial charge in [0.2, 0.25) is 0 Å². The zero-order valence-corrected chi connectivity index (χ0v) is 20.2. The molecular formula is C27H32N2O6. The number of benzene rings is 2. The van der Waals surface area contributed by atoms with Gasteiger partial charge >= 0.3 is 5.97 Å². The number of aliphatic hydroxyl groups excluding tert-OH is 1. The van der Waals surface area contributed by atoms with E-state index < -0.39 is 11.8 Å². The fourth-order valence-corrected chi connectivity index (χ4v) is 3.74. The highest BCUT2D eigenvalue weighted by atomic mass is 16.5. The molecule has 35 heavy (non-hydrogen) atoms. The Balaban J connectivity index is 1.42. The number of nitrogens with zero attached hydrogens (tertiary/aromatic N) is 1. The van der Waals surface area contributed by atoms with E-state index in [0.717, 1.165) is 37.7 Å². The maximum Gasteiger partial charge on any atom is 0.305 e. The van der Waals surface area contributed by atoms with E-state index in [2.05, 4.69) is 10.1 Å². The number of unbranched alkanes of at least 4 members (excludes halogenated alkanes) is 4. The number of aliphatic hydroxyl groups is 1. The minimum atomic E-state index is -0.650. The molecule has 2 aromatic carbocycles. The summed E-state index contributed by atoms with van der Waals surface area (Å²) < 4.78 is 10.4. The molecule has 2 aromatic rings. The molecule has 0 aromatic heterocycles. The van der Waals surface area contributed by atoms with Gasteiger partial charge in [-0.2, -0.15) is 0 Å². The fourth-order valence-electron chi connectivity index (χ4n) is 3.74. The van der Waals surface area contributed by atoms with Crippen molar-refractivity contribution in [3.63, 3.8) is 0 Å². The predicted molar refractivity (Wildman–Crippen MR) is 133 cm³/mol. The Bertz CT molecular complexity index is 1060. The molecule has 1 aliphatic rings. The summed E-state index contributed by atoms with van der Waals surface area (Å²) in [7, 11) is 1.40. The lowest BCUT2D eigenvalue weighted by molar-refractivity contribution is -0.140. The van der Waals surface area contributed by atoms with Gasteiger partial charge in [-0.1, -0.05) is 37.0 Å². The van der Waals surface area contributed by atoms with E-state index in [4.69, 9.17) is 4.74 Å². The van der Waals surface area contributed by atoms with Gasteiger partial charge in [-0.3, -0.25) is 14.4 Å². The van der Waals surface area contributed by atoms with E-state index in [1.165, 1.54) is 12.0 Å². The third kappa shape index (κ3) is 7.34. The monoisotopic (exact) mass is 480 g/mol. The fraction of sp³-hybridized carbons (Fsp3) is 0.370. The molecule has 8 heteroatoms. The second kappa shape index (κ2) is 12.6. The molecule has 0 saturated heterocycles. The quantitative estimate of drug-likeness (QED) is 0.260. The van der Waals surface area contributed by atoms with E-state index >= 15 is 0 Å². The summed E-state index contributed by atoms with van der Waals surface area (Å²) in [4.78, 5) is 37.9. The van der Waals surface area contributed by atoms with Crippen LogP contribution in [0.2, 0.25) is 0 Å². The van der Waals surface area contributed by atoms with Crippen LogP contribution in [0.1, 0.15) is 44.1 Å². The summed E-state index contributed by atoms with van der Waals surface area (Å²) in [5.74, 6) is -0.922. The first-order valence-electron chi connectivity index (χ1n) is 11.8. The molecule has 1 aliphatic heterocycles. The maximum absolute atomic E-state index is 12.8. The van der Waals surface area contributed by atoms with Crippen LogP contribution in [0.3, 0.4) is 0 Å². The lowest BCUT2D eigenvalue weighted by Gasteiger charge is -2.16. The minimum absolute atomic E-state index is 0.0390. The molecule has 0 bridgehead atoms. The van der Waals surface area contributed by atoms with E-state index in [0.29, 0.717) is 30.2 Å². The number of hydrogen-bond acceptors (Lipinski definition) is 6. The van der Waals surface area contributed by atoms with Gasteiger partial charge in [0.15, 0.2) is 0 Å². The van der Waals surface area contributed by atoms with Crippen LogP contribution in [0.25, 0.3) is 0 Å². The van der Waals surface area contributed by atoms with Crippen molar-refractivity contribution in [2.24, 2.45) is 0 Å². The number of esters is 1. The van der Waals surface area contributed by atoms with E-state index in [-0.39, 0.29) is 23.8 Å². The Labute approximate surface area is 205 Å². The lowest BCUT2D eigenvalue weighted by Crippen LogP contribution is -2.30. The lowest BCUT2D eigenvalue weighted by atomic mass is 10.1. The number of rotatable bonds is 12. The van der Waals surface area contributed by atoms with Gasteiger partial charge < -0.3 is 24.8 Å². The summed E-state index contributed by atoms with van der Waals surface area (Å²) in [5, 5.41) is 12.9. The van der Waals surface area contributed by atoms with Crippen LogP contribution < -0.4 is 15.0 Å². The first-order valence-corrected chi connectivity index (χ1v) is 11.8. The molecular weight excluding hydrogens is 448 g/mol. The standard InChI is InChI=1S/C27H32N2O6/c1-19-9-13-21(14-10-19)29-18-23(30)25(27(29)33)26(32)28-20-11-15-22(16-12-20)35-17-7-5-3-4-6-8-24(31)34-2/h9-16,30H,3-8,17-18H2,1-2H3,(H,28,32). The molecule has 3 rings (SSSR count). The molecule has 0 fully saturated rings. The number of methoxy groups -OCH3 is 1. The number of anilines is 2. The molecule has 186 valence electrons. The average molecular weight is 481 g/mol. The second-order valence-corrected chi connectivity index (χ2v) is 8.47. The van der Waals surface area contributed by atoms with Gasteiger partial charge in [-0.05, 0) is 56.2 Å². The number of ether oxygens (including phenoxy) is 2. The minimum Gasteiger partial charge on any atom is -0.509 e. The van der Waals surface area contributed by atoms with Gasteiger partial charge in [-0.15, -0.1) is 0 Å². The van der Waals surface area contributed by atoms with Crippen molar-refractivity contribution in [2.75, 3.05) is 30.5 Å². The normalized spacial score (nSPS) is 13.2. The Morgan fingerprint density at radius 3 is 2.31 bits per heavy atom. The highest BCUT2D eigenvalue weighted by molar-refractivity contribution is 6.29. The second-order valence-electron chi connectivity index (χ2n) is 8.47. The van der Waals surface area contributed by atoms with Crippen LogP contribution in [0.5, 0.6) is 5.75 Å². The van der Waals surface area contributed by atoms with Crippen molar-refractivity contribution in [2.45, 2.75) is 45.4 Å². The predicted octanol–water partition coefficient (Wildman–Crippen LogP) is 4.68. The summed E-state index contributed by atoms with van der Waals surface area (Å²) >= 11 is 0. The first kappa shape index (κ1) is 25.8.